The Kier molecular flexibility index (Phi) is 4.18. The summed E-state index contributed by atoms with van der Waals surface area (Å²) in [6, 6.07) is 4.49. The van der Waals surface area contributed by atoms with Crippen LogP contribution < -0.4 is 5.73 Å². The number of thiol groups is 2. The first-order valence-corrected chi connectivity index (χ1v) is 6.09. The lowest BCUT2D eigenvalue weighted by Crippen LogP contribution is -1.85. The number of hydrogen-bond donors (Lipinski definition) is 3. The fourth-order valence-corrected chi connectivity index (χ4v) is 1.81. The normalized spacial score (nSPS) is 9.47. The predicted octanol–water partition coefficient (Wildman–Crippen LogP) is 2.55. The molecule has 0 spiro atoms. The summed E-state index contributed by atoms with van der Waals surface area (Å²) in [6.07, 6.45) is 0. The molecule has 0 saturated carbocycles. The van der Waals surface area contributed by atoms with Crippen LogP contribution in [0.25, 0.3) is 10.2 Å². The second-order valence-corrected chi connectivity index (χ2v) is 3.52. The number of fused-ring (bicyclic) bond motifs is 1. The van der Waals surface area contributed by atoms with Gasteiger partial charge in [0.15, 0.2) is 5.13 Å². The van der Waals surface area contributed by atoms with Gasteiger partial charge >= 0.3 is 0 Å². The standard InChI is InChI=1S/C7H5N3O2S.H2S2/c8-7-9-5-2-1-4(10(11)12)3-6(5)13-7;1-2/h1-3H,(H2,8,9);1-2H. The largest absolute Gasteiger partial charge is 0.375 e. The third-order valence-electron chi connectivity index (χ3n) is 1.60. The highest BCUT2D eigenvalue weighted by Crippen LogP contribution is 2.27. The summed E-state index contributed by atoms with van der Waals surface area (Å²) in [5, 5.41) is 10.8. The van der Waals surface area contributed by atoms with E-state index in [9.17, 15) is 10.1 Å². The molecule has 80 valence electrons. The number of nitrogens with two attached hydrogens (primary N) is 1. The molecule has 0 aliphatic carbocycles. The molecule has 15 heavy (non-hydrogen) atoms. The summed E-state index contributed by atoms with van der Waals surface area (Å²) in [5.41, 5.74) is 6.22. The van der Waals surface area contributed by atoms with Crippen molar-refractivity contribution in [2.45, 2.75) is 0 Å². The lowest BCUT2D eigenvalue weighted by Gasteiger charge is -1.88. The van der Waals surface area contributed by atoms with E-state index in [0.717, 1.165) is 4.70 Å². The molecule has 2 aromatic rings. The van der Waals surface area contributed by atoms with Crippen LogP contribution in [0.4, 0.5) is 10.8 Å². The van der Waals surface area contributed by atoms with Gasteiger partial charge in [-0.15, -0.1) is 23.3 Å². The van der Waals surface area contributed by atoms with Crippen LogP contribution in [0.5, 0.6) is 0 Å². The Morgan fingerprint density at radius 3 is 2.73 bits per heavy atom. The molecular formula is C7H7N3O2S3. The Bertz CT molecular complexity index is 485. The quantitative estimate of drug-likeness (QED) is 0.319. The Morgan fingerprint density at radius 2 is 2.13 bits per heavy atom. The Morgan fingerprint density at radius 1 is 1.47 bits per heavy atom. The molecule has 8 heteroatoms. The molecule has 0 atom stereocenters. The van der Waals surface area contributed by atoms with Crippen LogP contribution >= 0.6 is 34.7 Å². The minimum atomic E-state index is -0.435. The van der Waals surface area contributed by atoms with Crippen molar-refractivity contribution in [1.82, 2.24) is 4.98 Å². The lowest BCUT2D eigenvalue weighted by atomic mass is 10.3. The smallest absolute Gasteiger partial charge is 0.270 e. The molecule has 1 aromatic carbocycles. The second-order valence-electron chi connectivity index (χ2n) is 2.46. The summed E-state index contributed by atoms with van der Waals surface area (Å²) >= 11 is 7.69. The number of aromatic nitrogens is 1. The molecule has 1 aromatic heterocycles. The van der Waals surface area contributed by atoms with Crippen LogP contribution in [0, 0.1) is 10.1 Å². The zero-order valence-electron chi connectivity index (χ0n) is 7.32. The van der Waals surface area contributed by atoms with Crippen LogP contribution in [-0.2, 0) is 0 Å². The third-order valence-corrected chi connectivity index (χ3v) is 2.45. The van der Waals surface area contributed by atoms with Gasteiger partial charge in [-0.2, -0.15) is 0 Å². The number of nitrogen functional groups attached to an aromatic ring is 1. The monoisotopic (exact) mass is 261 g/mol. The number of hydrogen-bond acceptors (Lipinski definition) is 7. The average molecular weight is 261 g/mol. The number of benzene rings is 1. The third kappa shape index (κ3) is 2.74. The highest BCUT2D eigenvalue weighted by molar-refractivity contribution is 8.59. The molecule has 0 saturated heterocycles. The van der Waals surface area contributed by atoms with Crippen molar-refractivity contribution in [2.75, 3.05) is 5.73 Å². The van der Waals surface area contributed by atoms with Gasteiger partial charge in [-0.05, 0) is 6.07 Å². The molecule has 0 fully saturated rings. The maximum Gasteiger partial charge on any atom is 0.270 e. The Hall–Kier alpha value is -0.990. The van der Waals surface area contributed by atoms with Gasteiger partial charge in [0.1, 0.15) is 0 Å². The van der Waals surface area contributed by atoms with Crippen LogP contribution in [0.15, 0.2) is 18.2 Å². The van der Waals surface area contributed by atoms with E-state index in [1.54, 1.807) is 6.07 Å². The van der Waals surface area contributed by atoms with Crippen molar-refractivity contribution in [3.05, 3.63) is 28.3 Å². The van der Waals surface area contributed by atoms with E-state index in [2.05, 4.69) is 28.3 Å². The van der Waals surface area contributed by atoms with E-state index >= 15 is 0 Å². The van der Waals surface area contributed by atoms with E-state index in [1.807, 2.05) is 0 Å². The van der Waals surface area contributed by atoms with E-state index in [0.29, 0.717) is 10.6 Å². The fourth-order valence-electron chi connectivity index (χ4n) is 1.04. The molecule has 0 radical (unpaired) electrons. The lowest BCUT2D eigenvalue weighted by molar-refractivity contribution is -0.384. The van der Waals surface area contributed by atoms with Gasteiger partial charge in [0.25, 0.3) is 5.69 Å². The maximum absolute atomic E-state index is 10.4. The van der Waals surface area contributed by atoms with Gasteiger partial charge < -0.3 is 5.73 Å². The molecule has 2 rings (SSSR count). The van der Waals surface area contributed by atoms with Crippen molar-refractivity contribution < 1.29 is 4.92 Å². The van der Waals surface area contributed by atoms with E-state index < -0.39 is 4.92 Å². The van der Waals surface area contributed by atoms with Gasteiger partial charge in [-0.3, -0.25) is 10.1 Å². The van der Waals surface area contributed by atoms with Crippen molar-refractivity contribution in [3.63, 3.8) is 0 Å². The van der Waals surface area contributed by atoms with Gasteiger partial charge in [-0.25, -0.2) is 4.98 Å². The molecule has 0 aliphatic rings. The minimum Gasteiger partial charge on any atom is -0.375 e. The number of non-ortho nitro benzene ring substituents is 1. The number of nitro benzene ring substituents is 1. The maximum atomic E-state index is 10.4. The van der Waals surface area contributed by atoms with E-state index in [1.165, 1.54) is 23.5 Å². The molecule has 0 aliphatic heterocycles. The molecule has 1 heterocycles. The molecule has 2 N–H and O–H groups in total. The summed E-state index contributed by atoms with van der Waals surface area (Å²) in [5.74, 6) is 0. The van der Waals surface area contributed by atoms with Crippen LogP contribution in [0.2, 0.25) is 0 Å². The van der Waals surface area contributed by atoms with Crippen molar-refractivity contribution >= 4 is 55.7 Å². The van der Waals surface area contributed by atoms with Crippen LogP contribution in [0.1, 0.15) is 0 Å². The number of rotatable bonds is 1. The average Bonchev–Trinajstić information content (AvgIpc) is 2.59. The SMILES string of the molecule is Nc1nc2ccc([N+](=O)[O-])cc2s1.SS. The predicted molar refractivity (Wildman–Crippen MR) is 68.7 cm³/mol. The molecular weight excluding hydrogens is 254 g/mol. The van der Waals surface area contributed by atoms with Gasteiger partial charge in [0.2, 0.25) is 0 Å². The van der Waals surface area contributed by atoms with E-state index in [4.69, 9.17) is 5.73 Å². The van der Waals surface area contributed by atoms with Crippen LogP contribution in [-0.4, -0.2) is 9.91 Å². The number of nitrogens with zero attached hydrogens (tertiary/aromatic N) is 2. The first-order valence-electron chi connectivity index (χ1n) is 3.67. The van der Waals surface area contributed by atoms with Gasteiger partial charge in [0.05, 0.1) is 15.1 Å². The van der Waals surface area contributed by atoms with Crippen LogP contribution in [0.3, 0.4) is 0 Å². The number of anilines is 1. The van der Waals surface area contributed by atoms with Gasteiger partial charge in [0, 0.05) is 12.1 Å². The number of thiazole rings is 1. The summed E-state index contributed by atoms with van der Waals surface area (Å²) in [4.78, 5) is 14.0. The summed E-state index contributed by atoms with van der Waals surface area (Å²) in [6.45, 7) is 0. The minimum absolute atomic E-state index is 0.0659. The molecule has 0 bridgehead atoms. The van der Waals surface area contributed by atoms with Crippen molar-refractivity contribution in [1.29, 1.82) is 0 Å². The Labute approximate surface area is 99.7 Å². The fraction of sp³-hybridized carbons (Fsp3) is 0. The first-order chi connectivity index (χ1) is 7.16. The topological polar surface area (TPSA) is 82.0 Å². The molecule has 0 unspecified atom stereocenters. The van der Waals surface area contributed by atoms with Crippen molar-refractivity contribution in [2.24, 2.45) is 0 Å². The summed E-state index contributed by atoms with van der Waals surface area (Å²) in [7, 11) is 0. The van der Waals surface area contributed by atoms with Crippen molar-refractivity contribution in [3.8, 4) is 0 Å². The molecule has 0 amide bonds. The van der Waals surface area contributed by atoms with E-state index in [-0.39, 0.29) is 5.69 Å². The highest BCUT2D eigenvalue weighted by atomic mass is 33.1. The zero-order valence-corrected chi connectivity index (χ0v) is 9.93. The molecule has 5 nitrogen and oxygen atoms in total. The van der Waals surface area contributed by atoms with Gasteiger partial charge in [-0.1, -0.05) is 11.3 Å². The Balaban J connectivity index is 0.000000531. The summed E-state index contributed by atoms with van der Waals surface area (Å²) < 4.78 is 0.742. The zero-order chi connectivity index (χ0) is 11.4. The first kappa shape index (κ1) is 12.1. The second kappa shape index (κ2) is 5.19. The number of nitro groups is 1. The highest BCUT2D eigenvalue weighted by Gasteiger charge is 2.08.